The van der Waals surface area contributed by atoms with Gasteiger partial charge in [0.05, 0.1) is 6.04 Å². The monoisotopic (exact) mass is 361 g/mol. The van der Waals surface area contributed by atoms with E-state index in [1.165, 1.54) is 29.5 Å². The first-order chi connectivity index (χ1) is 11.5. The number of aryl methyl sites for hydroxylation is 3. The maximum atomic E-state index is 12.2. The van der Waals surface area contributed by atoms with E-state index < -0.39 is 0 Å². The number of amides is 1. The van der Waals surface area contributed by atoms with E-state index in [2.05, 4.69) is 23.5 Å². The van der Waals surface area contributed by atoms with E-state index in [-0.39, 0.29) is 11.9 Å². The molecule has 1 N–H and O–H groups in total. The summed E-state index contributed by atoms with van der Waals surface area (Å²) >= 11 is 12.0. The van der Waals surface area contributed by atoms with Gasteiger partial charge in [-0.1, -0.05) is 47.5 Å². The molecule has 0 aromatic heterocycles. The number of hydrogen-bond donors (Lipinski definition) is 1. The quantitative estimate of drug-likeness (QED) is 0.769. The molecular weight excluding hydrogens is 341 g/mol. The molecule has 2 nitrogen and oxygen atoms in total. The highest BCUT2D eigenvalue weighted by atomic mass is 35.5. The highest BCUT2D eigenvalue weighted by Gasteiger charge is 2.15. The zero-order chi connectivity index (χ0) is 17.1. The minimum absolute atomic E-state index is 0.0177. The van der Waals surface area contributed by atoms with Gasteiger partial charge in [-0.25, -0.2) is 0 Å². The number of carbonyl (C=O) groups excluding carboxylic acids is 1. The summed E-state index contributed by atoms with van der Waals surface area (Å²) in [6, 6.07) is 12.0. The van der Waals surface area contributed by atoms with Crippen LogP contribution < -0.4 is 5.32 Å². The molecule has 0 fully saturated rings. The Morgan fingerprint density at radius 2 is 1.92 bits per heavy atom. The Kier molecular flexibility index (Phi) is 5.47. The van der Waals surface area contributed by atoms with Gasteiger partial charge in [0.2, 0.25) is 5.91 Å². The van der Waals surface area contributed by atoms with Crippen molar-refractivity contribution in [1.29, 1.82) is 0 Å². The molecule has 24 heavy (non-hydrogen) atoms. The molecule has 1 atom stereocenters. The van der Waals surface area contributed by atoms with Crippen LogP contribution >= 0.6 is 23.2 Å². The third-order valence-electron chi connectivity index (χ3n) is 4.64. The molecule has 2 aromatic rings. The molecule has 0 saturated heterocycles. The lowest BCUT2D eigenvalue weighted by Crippen LogP contribution is -2.26. The fourth-order valence-electron chi connectivity index (χ4n) is 3.23. The average Bonchev–Trinajstić information content (AvgIpc) is 3.01. The van der Waals surface area contributed by atoms with Gasteiger partial charge in [0.25, 0.3) is 0 Å². The van der Waals surface area contributed by atoms with Gasteiger partial charge in [0.1, 0.15) is 0 Å². The van der Waals surface area contributed by atoms with Crippen LogP contribution in [0, 0.1) is 0 Å². The molecule has 0 spiro atoms. The fraction of sp³-hybridized carbons (Fsp3) is 0.350. The first-order valence-electron chi connectivity index (χ1n) is 8.38. The summed E-state index contributed by atoms with van der Waals surface area (Å²) in [5.41, 5.74) is 5.01. The number of nitrogens with one attached hydrogen (secondary N) is 1. The summed E-state index contributed by atoms with van der Waals surface area (Å²) in [6.07, 6.45) is 4.59. The summed E-state index contributed by atoms with van der Waals surface area (Å²) < 4.78 is 0. The van der Waals surface area contributed by atoms with Crippen molar-refractivity contribution in [3.63, 3.8) is 0 Å². The van der Waals surface area contributed by atoms with Crippen LogP contribution in [0.5, 0.6) is 0 Å². The fourth-order valence-corrected chi connectivity index (χ4v) is 3.73. The Balaban J connectivity index is 1.56. The zero-order valence-electron chi connectivity index (χ0n) is 13.7. The van der Waals surface area contributed by atoms with Crippen LogP contribution in [-0.2, 0) is 24.1 Å². The lowest BCUT2D eigenvalue weighted by molar-refractivity contribution is -0.121. The molecular formula is C20H21Cl2NO. The second kappa shape index (κ2) is 7.58. The maximum Gasteiger partial charge on any atom is 0.220 e. The largest absolute Gasteiger partial charge is 0.350 e. The van der Waals surface area contributed by atoms with Gasteiger partial charge in [0, 0.05) is 16.5 Å². The minimum atomic E-state index is 0.0177. The number of carbonyl (C=O) groups is 1. The Hall–Kier alpha value is -1.51. The van der Waals surface area contributed by atoms with E-state index in [1.807, 2.05) is 13.0 Å². The first-order valence-corrected chi connectivity index (χ1v) is 9.13. The van der Waals surface area contributed by atoms with Gasteiger partial charge in [-0.05, 0) is 67.0 Å². The Bertz CT molecular complexity index is 757. The third kappa shape index (κ3) is 4.12. The van der Waals surface area contributed by atoms with Crippen LogP contribution in [-0.4, -0.2) is 5.91 Å². The highest BCUT2D eigenvalue weighted by Crippen LogP contribution is 2.26. The van der Waals surface area contributed by atoms with Crippen LogP contribution in [0.2, 0.25) is 10.0 Å². The maximum absolute atomic E-state index is 12.2. The summed E-state index contributed by atoms with van der Waals surface area (Å²) in [5, 5.41) is 4.30. The van der Waals surface area contributed by atoms with Gasteiger partial charge in [-0.3, -0.25) is 4.79 Å². The number of benzene rings is 2. The average molecular weight is 362 g/mol. The molecule has 2 aromatic carbocycles. The van der Waals surface area contributed by atoms with Crippen molar-refractivity contribution < 1.29 is 4.79 Å². The normalized spacial score (nSPS) is 14.3. The number of halogens is 2. The van der Waals surface area contributed by atoms with E-state index in [9.17, 15) is 4.79 Å². The Morgan fingerprint density at radius 1 is 1.12 bits per heavy atom. The van der Waals surface area contributed by atoms with Crippen LogP contribution in [0.1, 0.15) is 48.1 Å². The number of rotatable bonds is 5. The molecule has 0 heterocycles. The number of fused-ring (bicyclic) bond motifs is 1. The van der Waals surface area contributed by atoms with Crippen molar-refractivity contribution in [2.75, 3.05) is 0 Å². The molecule has 1 unspecified atom stereocenters. The molecule has 0 aliphatic heterocycles. The SMILES string of the molecule is CC(NC(=O)CCc1ccc(Cl)cc1Cl)c1ccc2c(c1)CCC2. The van der Waals surface area contributed by atoms with E-state index >= 15 is 0 Å². The van der Waals surface area contributed by atoms with Gasteiger partial charge in [-0.15, -0.1) is 0 Å². The molecule has 1 amide bonds. The molecule has 1 aliphatic carbocycles. The van der Waals surface area contributed by atoms with Crippen molar-refractivity contribution in [2.45, 2.75) is 45.1 Å². The molecule has 0 saturated carbocycles. The summed E-state index contributed by atoms with van der Waals surface area (Å²) in [7, 11) is 0. The van der Waals surface area contributed by atoms with Crippen molar-refractivity contribution in [2.24, 2.45) is 0 Å². The van der Waals surface area contributed by atoms with E-state index in [1.54, 1.807) is 12.1 Å². The van der Waals surface area contributed by atoms with E-state index in [0.29, 0.717) is 22.9 Å². The summed E-state index contributed by atoms with van der Waals surface area (Å²) in [6.45, 7) is 2.03. The zero-order valence-corrected chi connectivity index (χ0v) is 15.3. The van der Waals surface area contributed by atoms with E-state index in [0.717, 1.165) is 12.0 Å². The van der Waals surface area contributed by atoms with Gasteiger partial charge in [-0.2, -0.15) is 0 Å². The highest BCUT2D eigenvalue weighted by molar-refractivity contribution is 6.35. The standard InChI is InChI=1S/C20H21Cl2NO/c1-13(16-6-5-14-3-2-4-17(14)11-16)23-20(24)10-8-15-7-9-18(21)12-19(15)22/h5-7,9,11-13H,2-4,8,10H2,1H3,(H,23,24). The van der Waals surface area contributed by atoms with Crippen LogP contribution in [0.3, 0.4) is 0 Å². The lowest BCUT2D eigenvalue weighted by Gasteiger charge is -2.16. The smallest absolute Gasteiger partial charge is 0.220 e. The van der Waals surface area contributed by atoms with Crippen LogP contribution in [0.15, 0.2) is 36.4 Å². The Morgan fingerprint density at radius 3 is 2.71 bits per heavy atom. The van der Waals surface area contributed by atoms with Gasteiger partial charge >= 0.3 is 0 Å². The molecule has 4 heteroatoms. The molecule has 0 radical (unpaired) electrons. The van der Waals surface area contributed by atoms with Crippen molar-refractivity contribution in [1.82, 2.24) is 5.32 Å². The second-order valence-corrected chi connectivity index (χ2v) is 7.25. The third-order valence-corrected chi connectivity index (χ3v) is 5.22. The second-order valence-electron chi connectivity index (χ2n) is 6.41. The number of hydrogen-bond acceptors (Lipinski definition) is 1. The molecule has 1 aliphatic rings. The topological polar surface area (TPSA) is 29.1 Å². The van der Waals surface area contributed by atoms with Crippen LogP contribution in [0.25, 0.3) is 0 Å². The van der Waals surface area contributed by atoms with E-state index in [4.69, 9.17) is 23.2 Å². The summed E-state index contributed by atoms with van der Waals surface area (Å²) in [5.74, 6) is 0.0361. The lowest BCUT2D eigenvalue weighted by atomic mass is 10.0. The molecule has 126 valence electrons. The predicted molar refractivity (Wildman–Crippen MR) is 99.8 cm³/mol. The predicted octanol–water partition coefficient (Wildman–Crippen LogP) is 5.29. The van der Waals surface area contributed by atoms with Crippen molar-refractivity contribution >= 4 is 29.1 Å². The molecule has 3 rings (SSSR count). The van der Waals surface area contributed by atoms with Gasteiger partial charge < -0.3 is 5.32 Å². The Labute approximate surface area is 153 Å². The van der Waals surface area contributed by atoms with Gasteiger partial charge in [0.15, 0.2) is 0 Å². The van der Waals surface area contributed by atoms with Crippen LogP contribution in [0.4, 0.5) is 0 Å². The minimum Gasteiger partial charge on any atom is -0.350 e. The molecule has 0 bridgehead atoms. The summed E-state index contributed by atoms with van der Waals surface area (Å²) in [4.78, 5) is 12.2. The van der Waals surface area contributed by atoms with Crippen molar-refractivity contribution in [3.05, 3.63) is 68.7 Å². The first kappa shape index (κ1) is 17.3. The van der Waals surface area contributed by atoms with Crippen molar-refractivity contribution in [3.8, 4) is 0 Å².